The summed E-state index contributed by atoms with van der Waals surface area (Å²) < 4.78 is 12.8. The SMILES string of the molecule is CC(C)Oc1cccc(C(=O)Nc2ccc3oc(-c4cccc5c(Br)cccc45)nc3c2)c1. The first-order valence-electron chi connectivity index (χ1n) is 10.6. The maximum atomic E-state index is 12.8. The van der Waals surface area contributed by atoms with Crippen molar-refractivity contribution in [3.8, 4) is 17.2 Å². The molecule has 0 aliphatic heterocycles. The first kappa shape index (κ1) is 21.2. The van der Waals surface area contributed by atoms with Gasteiger partial charge < -0.3 is 14.5 Å². The molecule has 0 atom stereocenters. The maximum absolute atomic E-state index is 12.8. The Morgan fingerprint density at radius 1 is 0.970 bits per heavy atom. The number of nitrogens with zero attached hydrogens (tertiary/aromatic N) is 1. The van der Waals surface area contributed by atoms with Gasteiger partial charge in [-0.3, -0.25) is 4.79 Å². The predicted molar refractivity (Wildman–Crippen MR) is 135 cm³/mol. The third-order valence-electron chi connectivity index (χ3n) is 5.21. The largest absolute Gasteiger partial charge is 0.491 e. The molecule has 6 heteroatoms. The Labute approximate surface area is 199 Å². The van der Waals surface area contributed by atoms with Crippen LogP contribution in [0.15, 0.2) is 87.8 Å². The standard InChI is InChI=1S/C27H21BrN2O3/c1-16(2)32-19-7-3-6-17(14-19)26(31)29-18-12-13-25-24(15-18)30-27(33-25)22-10-4-9-21-20(22)8-5-11-23(21)28/h3-16H,1-2H3,(H,29,31). The van der Waals surface area contributed by atoms with Gasteiger partial charge in [0.2, 0.25) is 5.89 Å². The van der Waals surface area contributed by atoms with Gasteiger partial charge in [0.15, 0.2) is 5.58 Å². The first-order valence-corrected chi connectivity index (χ1v) is 11.4. The molecule has 1 aromatic heterocycles. The van der Waals surface area contributed by atoms with Gasteiger partial charge in [0, 0.05) is 21.3 Å². The van der Waals surface area contributed by atoms with Gasteiger partial charge in [-0.25, -0.2) is 4.98 Å². The van der Waals surface area contributed by atoms with Crippen molar-refractivity contribution in [2.24, 2.45) is 0 Å². The molecular weight excluding hydrogens is 480 g/mol. The number of carbonyl (C=O) groups is 1. The number of nitrogens with one attached hydrogen (secondary N) is 1. The Morgan fingerprint density at radius 3 is 2.61 bits per heavy atom. The molecular formula is C27H21BrN2O3. The number of oxazole rings is 1. The molecule has 4 aromatic carbocycles. The quantitative estimate of drug-likeness (QED) is 0.272. The lowest BCUT2D eigenvalue weighted by molar-refractivity contribution is 0.102. The Morgan fingerprint density at radius 2 is 1.76 bits per heavy atom. The number of hydrogen-bond donors (Lipinski definition) is 1. The van der Waals surface area contributed by atoms with Crippen LogP contribution in [0.4, 0.5) is 5.69 Å². The molecule has 0 spiro atoms. The minimum Gasteiger partial charge on any atom is -0.491 e. The number of fused-ring (bicyclic) bond motifs is 2. The highest BCUT2D eigenvalue weighted by Crippen LogP contribution is 2.34. The summed E-state index contributed by atoms with van der Waals surface area (Å²) >= 11 is 3.61. The van der Waals surface area contributed by atoms with E-state index in [9.17, 15) is 4.79 Å². The lowest BCUT2D eigenvalue weighted by Gasteiger charge is -2.11. The molecule has 1 amide bonds. The molecule has 0 aliphatic carbocycles. The molecule has 1 heterocycles. The molecule has 1 N–H and O–H groups in total. The molecule has 33 heavy (non-hydrogen) atoms. The molecule has 5 rings (SSSR count). The van der Waals surface area contributed by atoms with Crippen LogP contribution >= 0.6 is 15.9 Å². The molecule has 5 aromatic rings. The summed E-state index contributed by atoms with van der Waals surface area (Å²) in [4.78, 5) is 17.5. The van der Waals surface area contributed by atoms with Crippen LogP contribution in [0.5, 0.6) is 5.75 Å². The number of amides is 1. The van der Waals surface area contributed by atoms with Crippen molar-refractivity contribution in [2.75, 3.05) is 5.32 Å². The van der Waals surface area contributed by atoms with Crippen LogP contribution in [0.2, 0.25) is 0 Å². The highest BCUT2D eigenvalue weighted by Gasteiger charge is 2.14. The van der Waals surface area contributed by atoms with Crippen LogP contribution in [-0.4, -0.2) is 17.0 Å². The number of rotatable bonds is 5. The normalized spacial score (nSPS) is 11.3. The third-order valence-corrected chi connectivity index (χ3v) is 5.90. The zero-order valence-corrected chi connectivity index (χ0v) is 19.7. The van der Waals surface area contributed by atoms with Crippen LogP contribution in [0.1, 0.15) is 24.2 Å². The van der Waals surface area contributed by atoms with E-state index in [-0.39, 0.29) is 12.0 Å². The summed E-state index contributed by atoms with van der Waals surface area (Å²) in [6.07, 6.45) is 0.0370. The van der Waals surface area contributed by atoms with E-state index in [1.165, 1.54) is 0 Å². The van der Waals surface area contributed by atoms with E-state index in [0.29, 0.717) is 34.0 Å². The van der Waals surface area contributed by atoms with Crippen molar-refractivity contribution in [3.63, 3.8) is 0 Å². The van der Waals surface area contributed by atoms with E-state index in [2.05, 4.69) is 27.3 Å². The highest BCUT2D eigenvalue weighted by atomic mass is 79.9. The van der Waals surface area contributed by atoms with Gasteiger partial charge in [-0.1, -0.05) is 46.3 Å². The van der Waals surface area contributed by atoms with E-state index in [1.807, 2.05) is 74.5 Å². The Bertz CT molecular complexity index is 1490. The van der Waals surface area contributed by atoms with Crippen molar-refractivity contribution >= 4 is 49.4 Å². The fourth-order valence-corrected chi connectivity index (χ4v) is 4.26. The van der Waals surface area contributed by atoms with Crippen molar-refractivity contribution < 1.29 is 13.9 Å². The smallest absolute Gasteiger partial charge is 0.255 e. The molecule has 0 aliphatic rings. The summed E-state index contributed by atoms with van der Waals surface area (Å²) in [6.45, 7) is 3.90. The molecule has 0 bridgehead atoms. The van der Waals surface area contributed by atoms with Crippen LogP contribution in [0, 0.1) is 0 Å². The third kappa shape index (κ3) is 4.34. The van der Waals surface area contributed by atoms with Gasteiger partial charge in [-0.05, 0) is 73.2 Å². The molecule has 0 saturated heterocycles. The van der Waals surface area contributed by atoms with Gasteiger partial charge >= 0.3 is 0 Å². The van der Waals surface area contributed by atoms with Gasteiger partial charge in [0.05, 0.1) is 6.10 Å². The number of aromatic nitrogens is 1. The van der Waals surface area contributed by atoms with Crippen molar-refractivity contribution in [1.82, 2.24) is 4.98 Å². The molecule has 5 nitrogen and oxygen atoms in total. The van der Waals surface area contributed by atoms with E-state index in [4.69, 9.17) is 14.1 Å². The maximum Gasteiger partial charge on any atom is 0.255 e. The second-order valence-corrected chi connectivity index (χ2v) is 8.84. The Kier molecular flexibility index (Phi) is 5.60. The highest BCUT2D eigenvalue weighted by molar-refractivity contribution is 9.10. The van der Waals surface area contributed by atoms with Gasteiger partial charge in [0.1, 0.15) is 11.3 Å². The second kappa shape index (κ2) is 8.71. The predicted octanol–water partition coefficient (Wildman–Crippen LogP) is 7.45. The van der Waals surface area contributed by atoms with E-state index < -0.39 is 0 Å². The summed E-state index contributed by atoms with van der Waals surface area (Å²) in [5, 5.41) is 5.08. The monoisotopic (exact) mass is 500 g/mol. The number of halogens is 1. The number of anilines is 1. The first-order chi connectivity index (χ1) is 16.0. The number of carbonyl (C=O) groups excluding carboxylic acids is 1. The van der Waals surface area contributed by atoms with E-state index >= 15 is 0 Å². The Hall–Kier alpha value is -3.64. The number of ether oxygens (including phenoxy) is 1. The molecule has 0 fully saturated rings. The minimum absolute atomic E-state index is 0.0370. The van der Waals surface area contributed by atoms with Gasteiger partial charge in [-0.2, -0.15) is 0 Å². The number of benzene rings is 4. The molecule has 0 unspecified atom stereocenters. The van der Waals surface area contributed by atoms with Gasteiger partial charge in [-0.15, -0.1) is 0 Å². The van der Waals surface area contributed by atoms with Crippen molar-refractivity contribution in [1.29, 1.82) is 0 Å². The lowest BCUT2D eigenvalue weighted by atomic mass is 10.0. The average Bonchev–Trinajstić information content (AvgIpc) is 3.22. The molecule has 0 radical (unpaired) electrons. The van der Waals surface area contributed by atoms with Crippen LogP contribution in [0.25, 0.3) is 33.3 Å². The van der Waals surface area contributed by atoms with Gasteiger partial charge in [0.25, 0.3) is 5.91 Å². The van der Waals surface area contributed by atoms with E-state index in [1.54, 1.807) is 12.1 Å². The fraction of sp³-hybridized carbons (Fsp3) is 0.111. The summed E-state index contributed by atoms with van der Waals surface area (Å²) in [6, 6.07) is 24.7. The molecule has 164 valence electrons. The molecule has 0 saturated carbocycles. The summed E-state index contributed by atoms with van der Waals surface area (Å²) in [5.74, 6) is 0.984. The topological polar surface area (TPSA) is 64.4 Å². The summed E-state index contributed by atoms with van der Waals surface area (Å²) in [7, 11) is 0. The zero-order chi connectivity index (χ0) is 22.9. The van der Waals surface area contributed by atoms with Crippen LogP contribution < -0.4 is 10.1 Å². The van der Waals surface area contributed by atoms with Crippen molar-refractivity contribution in [2.45, 2.75) is 20.0 Å². The zero-order valence-electron chi connectivity index (χ0n) is 18.1. The fourth-order valence-electron chi connectivity index (χ4n) is 3.76. The van der Waals surface area contributed by atoms with Crippen LogP contribution in [0.3, 0.4) is 0 Å². The average molecular weight is 501 g/mol. The Balaban J connectivity index is 1.44. The van der Waals surface area contributed by atoms with Crippen molar-refractivity contribution in [3.05, 3.63) is 88.9 Å². The second-order valence-electron chi connectivity index (χ2n) is 7.99. The van der Waals surface area contributed by atoms with E-state index in [0.717, 1.165) is 20.8 Å². The minimum atomic E-state index is -0.217. The summed E-state index contributed by atoms with van der Waals surface area (Å²) in [5.41, 5.74) is 3.41. The number of hydrogen-bond acceptors (Lipinski definition) is 4. The lowest BCUT2D eigenvalue weighted by Crippen LogP contribution is -2.12. The van der Waals surface area contributed by atoms with Crippen LogP contribution in [-0.2, 0) is 0 Å².